The van der Waals surface area contributed by atoms with E-state index in [4.69, 9.17) is 4.74 Å². The number of ether oxygens (including phenoxy) is 1. The topological polar surface area (TPSA) is 61.9 Å². The van der Waals surface area contributed by atoms with Crippen LogP contribution in [0.25, 0.3) is 6.08 Å². The summed E-state index contributed by atoms with van der Waals surface area (Å²) in [5.41, 5.74) is 1.65. The molecule has 6 nitrogen and oxygen atoms in total. The van der Waals surface area contributed by atoms with Crippen LogP contribution in [0, 0.1) is 5.41 Å². The number of anilines is 1. The van der Waals surface area contributed by atoms with Gasteiger partial charge >= 0.3 is 0 Å². The van der Waals surface area contributed by atoms with Gasteiger partial charge in [0.1, 0.15) is 5.70 Å². The Bertz CT molecular complexity index is 667. The lowest BCUT2D eigenvalue weighted by molar-refractivity contribution is -0.134. The molecule has 0 unspecified atom stereocenters. The smallest absolute Gasteiger partial charge is 0.270 e. The first kappa shape index (κ1) is 20.0. The normalized spacial score (nSPS) is 15.6. The van der Waals surface area contributed by atoms with Crippen molar-refractivity contribution in [3.05, 3.63) is 35.5 Å². The van der Waals surface area contributed by atoms with Crippen LogP contribution in [0.15, 0.2) is 30.0 Å². The van der Waals surface area contributed by atoms with Crippen molar-refractivity contribution in [3.8, 4) is 0 Å². The van der Waals surface area contributed by atoms with Crippen LogP contribution >= 0.6 is 0 Å². The van der Waals surface area contributed by atoms with E-state index in [0.717, 1.165) is 11.3 Å². The quantitative estimate of drug-likeness (QED) is 0.837. The highest BCUT2D eigenvalue weighted by atomic mass is 16.5. The van der Waals surface area contributed by atoms with Gasteiger partial charge in [-0.25, -0.2) is 0 Å². The largest absolute Gasteiger partial charge is 0.378 e. The molecule has 1 heterocycles. The summed E-state index contributed by atoms with van der Waals surface area (Å²) in [7, 11) is 3.95. The minimum Gasteiger partial charge on any atom is -0.378 e. The van der Waals surface area contributed by atoms with E-state index in [2.05, 4.69) is 5.32 Å². The van der Waals surface area contributed by atoms with Gasteiger partial charge in [-0.15, -0.1) is 0 Å². The number of nitrogens with zero attached hydrogens (tertiary/aromatic N) is 2. The Morgan fingerprint density at radius 3 is 2.19 bits per heavy atom. The van der Waals surface area contributed by atoms with Crippen LogP contribution < -0.4 is 10.2 Å². The average molecular weight is 359 g/mol. The summed E-state index contributed by atoms with van der Waals surface area (Å²) in [5, 5.41) is 2.82. The molecule has 0 bridgehead atoms. The van der Waals surface area contributed by atoms with Crippen molar-refractivity contribution in [2.24, 2.45) is 5.41 Å². The number of carbonyl (C=O) groups is 2. The van der Waals surface area contributed by atoms with Crippen molar-refractivity contribution in [2.75, 3.05) is 45.3 Å². The molecule has 0 spiro atoms. The molecule has 1 aromatic carbocycles. The number of hydrogen-bond acceptors (Lipinski definition) is 4. The van der Waals surface area contributed by atoms with E-state index in [-0.39, 0.29) is 11.8 Å². The molecule has 1 aliphatic rings. The molecule has 1 aliphatic heterocycles. The van der Waals surface area contributed by atoms with Gasteiger partial charge in [0, 0.05) is 38.3 Å². The van der Waals surface area contributed by atoms with Crippen molar-refractivity contribution in [1.82, 2.24) is 10.2 Å². The third kappa shape index (κ3) is 5.33. The van der Waals surface area contributed by atoms with E-state index in [1.165, 1.54) is 0 Å². The molecule has 1 fully saturated rings. The number of carbonyl (C=O) groups excluding carboxylic acids is 2. The van der Waals surface area contributed by atoms with E-state index in [1.54, 1.807) is 11.0 Å². The Morgan fingerprint density at radius 2 is 1.69 bits per heavy atom. The zero-order chi connectivity index (χ0) is 19.3. The fourth-order valence-electron chi connectivity index (χ4n) is 2.43. The fraction of sp³-hybridized carbons (Fsp3) is 0.500. The summed E-state index contributed by atoms with van der Waals surface area (Å²) in [6.45, 7) is 7.57. The second-order valence-electron chi connectivity index (χ2n) is 7.65. The van der Waals surface area contributed by atoms with Gasteiger partial charge in [-0.05, 0) is 23.8 Å². The molecular formula is C20H29N3O3. The number of morpholine rings is 1. The number of amides is 2. The maximum atomic E-state index is 12.9. The van der Waals surface area contributed by atoms with E-state index in [1.807, 2.05) is 64.0 Å². The Labute approximate surface area is 155 Å². The summed E-state index contributed by atoms with van der Waals surface area (Å²) in [5.74, 6) is -0.363. The fourth-order valence-corrected chi connectivity index (χ4v) is 2.43. The van der Waals surface area contributed by atoms with Gasteiger partial charge in [0.2, 0.25) is 5.91 Å². The molecule has 0 aromatic heterocycles. The maximum absolute atomic E-state index is 12.9. The predicted molar refractivity (Wildman–Crippen MR) is 104 cm³/mol. The van der Waals surface area contributed by atoms with Crippen LogP contribution in [0.1, 0.15) is 26.3 Å². The maximum Gasteiger partial charge on any atom is 0.270 e. The molecular weight excluding hydrogens is 330 g/mol. The van der Waals surface area contributed by atoms with Crippen molar-refractivity contribution >= 4 is 23.6 Å². The lowest BCUT2D eigenvalue weighted by Crippen LogP contribution is -2.46. The van der Waals surface area contributed by atoms with Crippen molar-refractivity contribution in [2.45, 2.75) is 20.8 Å². The average Bonchev–Trinajstić information content (AvgIpc) is 2.60. The molecule has 2 amide bonds. The van der Waals surface area contributed by atoms with Gasteiger partial charge < -0.3 is 19.9 Å². The van der Waals surface area contributed by atoms with Crippen LogP contribution in [0.2, 0.25) is 0 Å². The number of benzene rings is 1. The second-order valence-corrected chi connectivity index (χ2v) is 7.65. The molecule has 0 radical (unpaired) electrons. The van der Waals surface area contributed by atoms with Crippen molar-refractivity contribution in [3.63, 3.8) is 0 Å². The zero-order valence-electron chi connectivity index (χ0n) is 16.3. The van der Waals surface area contributed by atoms with Gasteiger partial charge in [-0.2, -0.15) is 0 Å². The third-order valence-electron chi connectivity index (χ3n) is 4.18. The lowest BCUT2D eigenvalue weighted by Gasteiger charge is -2.28. The van der Waals surface area contributed by atoms with Crippen LogP contribution in [0.5, 0.6) is 0 Å². The van der Waals surface area contributed by atoms with E-state index < -0.39 is 5.41 Å². The molecule has 1 N–H and O–H groups in total. The summed E-state index contributed by atoms with van der Waals surface area (Å²) < 4.78 is 5.31. The van der Waals surface area contributed by atoms with Gasteiger partial charge in [-0.1, -0.05) is 32.9 Å². The Balaban J connectivity index is 2.29. The standard InChI is InChI=1S/C20H29N3O3/c1-20(2,3)19(25)21-17(18(24)23-10-12-26-13-11-23)14-15-6-8-16(9-7-15)22(4)5/h6-9,14H,10-13H2,1-5H3,(H,21,25)/b17-14-. The highest BCUT2D eigenvalue weighted by Crippen LogP contribution is 2.18. The molecule has 142 valence electrons. The van der Waals surface area contributed by atoms with E-state index in [9.17, 15) is 9.59 Å². The molecule has 6 heteroatoms. The molecule has 0 atom stereocenters. The van der Waals surface area contributed by atoms with Crippen LogP contribution in [0.4, 0.5) is 5.69 Å². The second kappa shape index (κ2) is 8.36. The van der Waals surface area contributed by atoms with E-state index in [0.29, 0.717) is 32.0 Å². The predicted octanol–water partition coefficient (Wildman–Crippen LogP) is 2.11. The molecule has 0 aliphatic carbocycles. The number of hydrogen-bond donors (Lipinski definition) is 1. The molecule has 2 rings (SSSR count). The zero-order valence-corrected chi connectivity index (χ0v) is 16.3. The SMILES string of the molecule is CN(C)c1ccc(/C=C(\NC(=O)C(C)(C)C)C(=O)N2CCOCC2)cc1. The highest BCUT2D eigenvalue weighted by Gasteiger charge is 2.27. The van der Waals surface area contributed by atoms with Crippen molar-refractivity contribution < 1.29 is 14.3 Å². The number of rotatable bonds is 4. The van der Waals surface area contributed by atoms with Gasteiger partial charge in [0.15, 0.2) is 0 Å². The third-order valence-corrected chi connectivity index (χ3v) is 4.18. The van der Waals surface area contributed by atoms with Gasteiger partial charge in [0.25, 0.3) is 5.91 Å². The monoisotopic (exact) mass is 359 g/mol. The first-order valence-corrected chi connectivity index (χ1v) is 8.86. The summed E-state index contributed by atoms with van der Waals surface area (Å²) >= 11 is 0. The summed E-state index contributed by atoms with van der Waals surface area (Å²) in [6, 6.07) is 7.83. The Hall–Kier alpha value is -2.34. The Morgan fingerprint density at radius 1 is 1.12 bits per heavy atom. The van der Waals surface area contributed by atoms with E-state index >= 15 is 0 Å². The molecule has 0 saturated carbocycles. The van der Waals surface area contributed by atoms with Crippen LogP contribution in [-0.4, -0.2) is 57.1 Å². The highest BCUT2D eigenvalue weighted by molar-refractivity contribution is 6.02. The first-order chi connectivity index (χ1) is 12.2. The minimum absolute atomic E-state index is 0.178. The van der Waals surface area contributed by atoms with Crippen molar-refractivity contribution in [1.29, 1.82) is 0 Å². The van der Waals surface area contributed by atoms with Gasteiger partial charge in [0.05, 0.1) is 13.2 Å². The molecule has 1 saturated heterocycles. The summed E-state index contributed by atoms with van der Waals surface area (Å²) in [6.07, 6.45) is 1.74. The lowest BCUT2D eigenvalue weighted by atomic mass is 9.95. The van der Waals surface area contributed by atoms with Gasteiger partial charge in [-0.3, -0.25) is 9.59 Å². The summed E-state index contributed by atoms with van der Waals surface area (Å²) in [4.78, 5) is 29.1. The Kier molecular flexibility index (Phi) is 6.42. The first-order valence-electron chi connectivity index (χ1n) is 8.86. The van der Waals surface area contributed by atoms with Crippen LogP contribution in [0.3, 0.4) is 0 Å². The molecule has 1 aromatic rings. The number of nitrogens with one attached hydrogen (secondary N) is 1. The van der Waals surface area contributed by atoms with Crippen LogP contribution in [-0.2, 0) is 14.3 Å². The minimum atomic E-state index is -0.584. The molecule has 26 heavy (non-hydrogen) atoms.